The first-order chi connectivity index (χ1) is 6.38. The van der Waals surface area contributed by atoms with Crippen molar-refractivity contribution in [3.63, 3.8) is 0 Å². The van der Waals surface area contributed by atoms with Crippen LogP contribution < -0.4 is 0 Å². The average molecular weight is 199 g/mol. The van der Waals surface area contributed by atoms with E-state index in [0.717, 1.165) is 0 Å². The van der Waals surface area contributed by atoms with Crippen LogP contribution in [-0.2, 0) is 0 Å². The fraction of sp³-hybridized carbons (Fsp3) is 0. The van der Waals surface area contributed by atoms with Crippen LogP contribution in [0.5, 0.6) is 0 Å². The van der Waals surface area contributed by atoms with Gasteiger partial charge in [0.05, 0.1) is 4.70 Å². The van der Waals surface area contributed by atoms with Gasteiger partial charge in [0, 0.05) is 16.4 Å². The molecule has 0 aliphatic heterocycles. The molecule has 0 saturated heterocycles. The first-order valence-corrected chi connectivity index (χ1v) is 5.49. The molecule has 0 bridgehead atoms. The molecule has 0 N–H and O–H groups in total. The Morgan fingerprint density at radius 1 is 1.08 bits per heavy atom. The van der Waals surface area contributed by atoms with E-state index >= 15 is 0 Å². The van der Waals surface area contributed by atoms with Gasteiger partial charge in [0.1, 0.15) is 0 Å². The van der Waals surface area contributed by atoms with E-state index < -0.39 is 0 Å². The van der Waals surface area contributed by atoms with Gasteiger partial charge in [-0.25, -0.2) is 0 Å². The maximum absolute atomic E-state index is 2.76. The van der Waals surface area contributed by atoms with Gasteiger partial charge in [-0.3, -0.25) is 0 Å². The summed E-state index contributed by atoms with van der Waals surface area (Å²) in [6.07, 6.45) is 0. The zero-order chi connectivity index (χ0) is 8.84. The lowest BCUT2D eigenvalue weighted by atomic mass is 10.2. The molecule has 3 rings (SSSR count). The zero-order valence-corrected chi connectivity index (χ0v) is 8.87. The van der Waals surface area contributed by atoms with Crippen LogP contribution >= 0.6 is 11.3 Å². The SMILES string of the molecule is [Al][n]1c2ccccc2c2sccc21. The lowest BCUT2D eigenvalue weighted by Crippen LogP contribution is -1.87. The Hall–Kier alpha value is -0.748. The summed E-state index contributed by atoms with van der Waals surface area (Å²) >= 11 is 4.56. The van der Waals surface area contributed by atoms with Crippen LogP contribution in [0.1, 0.15) is 0 Å². The van der Waals surface area contributed by atoms with Gasteiger partial charge in [-0.05, 0) is 17.5 Å². The molecule has 0 spiro atoms. The van der Waals surface area contributed by atoms with Crippen LogP contribution in [0, 0.1) is 0 Å². The standard InChI is InChI=1S/C10H6NS.Al/c1-2-4-8-7(3-1)10-9(11-8)5-6-12-10;/h1-6H;/q-1;+1. The summed E-state index contributed by atoms with van der Waals surface area (Å²) in [4.78, 5) is 0. The van der Waals surface area contributed by atoms with E-state index in [-0.39, 0.29) is 0 Å². The van der Waals surface area contributed by atoms with Gasteiger partial charge >= 0.3 is 16.5 Å². The Labute approximate surface area is 88.2 Å². The molecule has 0 aliphatic rings. The van der Waals surface area contributed by atoms with E-state index in [1.54, 1.807) is 11.3 Å². The summed E-state index contributed by atoms with van der Waals surface area (Å²) in [5, 5.41) is 3.49. The highest BCUT2D eigenvalue weighted by atomic mass is 32.1. The average Bonchev–Trinajstić information content (AvgIpc) is 2.72. The van der Waals surface area contributed by atoms with Crippen molar-refractivity contribution in [2.75, 3.05) is 0 Å². The summed E-state index contributed by atoms with van der Waals surface area (Å²) in [6.45, 7) is 0. The van der Waals surface area contributed by atoms with Crippen LogP contribution in [0.2, 0.25) is 0 Å². The third-order valence-electron chi connectivity index (χ3n) is 2.31. The van der Waals surface area contributed by atoms with E-state index in [0.29, 0.717) is 0 Å². The van der Waals surface area contributed by atoms with E-state index in [1.165, 1.54) is 21.1 Å². The van der Waals surface area contributed by atoms with Crippen molar-refractivity contribution < 1.29 is 0 Å². The molecule has 13 heavy (non-hydrogen) atoms. The first-order valence-electron chi connectivity index (χ1n) is 4.09. The predicted molar refractivity (Wildman–Crippen MR) is 58.5 cm³/mol. The fourth-order valence-electron chi connectivity index (χ4n) is 1.70. The number of thiophene rings is 1. The second kappa shape index (κ2) is 2.62. The largest absolute Gasteiger partial charge is 0.451 e. The van der Waals surface area contributed by atoms with Gasteiger partial charge in [-0.1, -0.05) is 18.2 Å². The van der Waals surface area contributed by atoms with E-state index in [9.17, 15) is 0 Å². The highest BCUT2D eigenvalue weighted by molar-refractivity contribution is 7.18. The van der Waals surface area contributed by atoms with Crippen LogP contribution in [0.3, 0.4) is 0 Å². The summed E-state index contributed by atoms with van der Waals surface area (Å²) in [5.74, 6) is 0. The Morgan fingerprint density at radius 3 is 2.85 bits per heavy atom. The molecule has 0 aliphatic carbocycles. The zero-order valence-electron chi connectivity index (χ0n) is 6.90. The molecule has 0 unspecified atom stereocenters. The number of aromatic nitrogens is 1. The fourth-order valence-corrected chi connectivity index (χ4v) is 3.15. The van der Waals surface area contributed by atoms with E-state index in [2.05, 4.69) is 55.8 Å². The van der Waals surface area contributed by atoms with Gasteiger partial charge < -0.3 is 3.55 Å². The molecule has 0 saturated carbocycles. The number of para-hydroxylation sites is 1. The molecular weight excluding hydrogens is 193 g/mol. The lowest BCUT2D eigenvalue weighted by Gasteiger charge is -1.96. The molecule has 1 aromatic carbocycles. The highest BCUT2D eigenvalue weighted by Crippen LogP contribution is 2.31. The molecule has 1 nitrogen and oxygen atoms in total. The first kappa shape index (κ1) is 7.64. The van der Waals surface area contributed by atoms with E-state index in [4.69, 9.17) is 0 Å². The van der Waals surface area contributed by atoms with Crippen LogP contribution in [0.4, 0.5) is 0 Å². The quantitative estimate of drug-likeness (QED) is 0.491. The Bertz CT molecular complexity index is 579. The molecule has 2 radical (unpaired) electrons. The predicted octanol–water partition coefficient (Wildman–Crippen LogP) is 2.79. The molecule has 3 heteroatoms. The maximum atomic E-state index is 2.76. The molecule has 3 aromatic rings. The van der Waals surface area contributed by atoms with Gasteiger partial charge in [0.2, 0.25) is 0 Å². The van der Waals surface area contributed by atoms with Crippen molar-refractivity contribution in [2.45, 2.75) is 0 Å². The van der Waals surface area contributed by atoms with Gasteiger partial charge in [0.25, 0.3) is 0 Å². The summed E-state index contributed by atoms with van der Waals surface area (Å²) in [6, 6.07) is 10.6. The Balaban J connectivity index is 2.72. The van der Waals surface area contributed by atoms with Crippen molar-refractivity contribution in [3.05, 3.63) is 35.7 Å². The second-order valence-corrected chi connectivity index (χ2v) is 4.45. The molecule has 0 fully saturated rings. The van der Waals surface area contributed by atoms with Crippen molar-refractivity contribution in [3.8, 4) is 0 Å². The van der Waals surface area contributed by atoms with Gasteiger partial charge in [-0.15, -0.1) is 11.3 Å². The molecule has 0 atom stereocenters. The summed E-state index contributed by atoms with van der Waals surface area (Å²) in [7, 11) is 0. The minimum absolute atomic E-state index is 1.29. The Morgan fingerprint density at radius 2 is 1.92 bits per heavy atom. The second-order valence-electron chi connectivity index (χ2n) is 3.02. The minimum atomic E-state index is 1.29. The van der Waals surface area contributed by atoms with Crippen LogP contribution in [0.25, 0.3) is 21.1 Å². The number of benzene rings is 1. The lowest BCUT2D eigenvalue weighted by molar-refractivity contribution is 1.40. The normalized spacial score (nSPS) is 11.4. The van der Waals surface area contributed by atoms with Crippen molar-refractivity contribution in [2.24, 2.45) is 0 Å². The number of fused-ring (bicyclic) bond motifs is 3. The third kappa shape index (κ3) is 0.926. The topological polar surface area (TPSA) is 4.93 Å². The summed E-state index contributed by atoms with van der Waals surface area (Å²) < 4.78 is 3.55. The number of hydrogen-bond acceptors (Lipinski definition) is 1. The van der Waals surface area contributed by atoms with Gasteiger partial charge in [0.15, 0.2) is 0 Å². The van der Waals surface area contributed by atoms with Crippen molar-refractivity contribution in [1.29, 1.82) is 0 Å². The molecule has 0 amide bonds. The number of nitrogens with zero attached hydrogens (tertiary/aromatic N) is 1. The molecule has 2 aromatic heterocycles. The third-order valence-corrected chi connectivity index (χ3v) is 3.81. The van der Waals surface area contributed by atoms with Crippen molar-refractivity contribution >= 4 is 49.0 Å². The summed E-state index contributed by atoms with van der Waals surface area (Å²) in [5.41, 5.74) is 2.59. The van der Waals surface area contributed by atoms with Crippen LogP contribution in [0.15, 0.2) is 35.7 Å². The van der Waals surface area contributed by atoms with Gasteiger partial charge in [-0.2, -0.15) is 0 Å². The molecule has 2 heterocycles. The molecular formula is C10H6AlNS. The Kier molecular flexibility index (Phi) is 1.54. The molecule has 60 valence electrons. The minimum Gasteiger partial charge on any atom is -0.451 e. The van der Waals surface area contributed by atoms with E-state index in [1.807, 2.05) is 0 Å². The van der Waals surface area contributed by atoms with Crippen molar-refractivity contribution in [1.82, 2.24) is 3.55 Å². The van der Waals surface area contributed by atoms with Crippen LogP contribution in [-0.4, -0.2) is 20.1 Å². The number of hydrogen-bond donors (Lipinski definition) is 0. The smallest absolute Gasteiger partial charge is 0.318 e. The highest BCUT2D eigenvalue weighted by Gasteiger charge is 2.05. The maximum Gasteiger partial charge on any atom is 0.318 e. The number of rotatable bonds is 0. The monoisotopic (exact) mass is 199 g/mol.